The third-order valence-corrected chi connectivity index (χ3v) is 5.50. The van der Waals surface area contributed by atoms with Crippen LogP contribution in [0.25, 0.3) is 20.8 Å². The topological polar surface area (TPSA) is 40.6 Å². The normalized spacial score (nSPS) is 10.8. The smallest absolute Gasteiger partial charge is 0.161 e. The zero-order chi connectivity index (χ0) is 20.1. The molecular weight excluding hydrogens is 382 g/mol. The number of aryl methyl sites for hydroxylation is 1. The van der Waals surface area contributed by atoms with Crippen LogP contribution in [-0.4, -0.2) is 24.8 Å². The summed E-state index contributed by atoms with van der Waals surface area (Å²) >= 11 is 1.68. The van der Waals surface area contributed by atoms with Gasteiger partial charge in [-0.15, -0.1) is 11.3 Å². The SMILES string of the molecule is CCOc1cc(-c2nc3ccccc3s2)ccc1OCCOc1ccc(C)cc1. The van der Waals surface area contributed by atoms with E-state index in [1.54, 1.807) is 11.3 Å². The number of hydrogen-bond acceptors (Lipinski definition) is 5. The van der Waals surface area contributed by atoms with Crippen LogP contribution in [0, 0.1) is 6.92 Å². The molecule has 0 saturated heterocycles. The van der Waals surface area contributed by atoms with Crippen LogP contribution in [0.1, 0.15) is 12.5 Å². The molecule has 1 heterocycles. The molecule has 29 heavy (non-hydrogen) atoms. The van der Waals surface area contributed by atoms with E-state index < -0.39 is 0 Å². The number of rotatable bonds is 8. The average Bonchev–Trinajstić information content (AvgIpc) is 3.18. The summed E-state index contributed by atoms with van der Waals surface area (Å²) in [7, 11) is 0. The van der Waals surface area contributed by atoms with Gasteiger partial charge in [0.1, 0.15) is 24.0 Å². The number of aromatic nitrogens is 1. The number of hydrogen-bond donors (Lipinski definition) is 0. The van der Waals surface area contributed by atoms with Gasteiger partial charge in [0.2, 0.25) is 0 Å². The van der Waals surface area contributed by atoms with Gasteiger partial charge in [-0.3, -0.25) is 0 Å². The lowest BCUT2D eigenvalue weighted by Gasteiger charge is -2.13. The van der Waals surface area contributed by atoms with Crippen molar-refractivity contribution in [2.24, 2.45) is 0 Å². The fourth-order valence-corrected chi connectivity index (χ4v) is 3.93. The van der Waals surface area contributed by atoms with Crippen molar-refractivity contribution >= 4 is 21.6 Å². The summed E-state index contributed by atoms with van der Waals surface area (Å²) < 4.78 is 18.6. The van der Waals surface area contributed by atoms with Gasteiger partial charge in [0.25, 0.3) is 0 Å². The number of para-hydroxylation sites is 1. The average molecular weight is 406 g/mol. The Kier molecular flexibility index (Phi) is 5.96. The van der Waals surface area contributed by atoms with Crippen molar-refractivity contribution in [2.75, 3.05) is 19.8 Å². The lowest BCUT2D eigenvalue weighted by molar-refractivity contribution is 0.208. The molecule has 0 aliphatic rings. The molecule has 3 aromatic carbocycles. The highest BCUT2D eigenvalue weighted by molar-refractivity contribution is 7.21. The monoisotopic (exact) mass is 405 g/mol. The lowest BCUT2D eigenvalue weighted by atomic mass is 10.2. The fourth-order valence-electron chi connectivity index (χ4n) is 2.97. The molecule has 0 bridgehead atoms. The minimum atomic E-state index is 0.439. The molecule has 0 amide bonds. The summed E-state index contributed by atoms with van der Waals surface area (Å²) in [6.45, 7) is 5.50. The Morgan fingerprint density at radius 3 is 2.41 bits per heavy atom. The van der Waals surface area contributed by atoms with Gasteiger partial charge in [-0.2, -0.15) is 0 Å². The first-order valence-corrected chi connectivity index (χ1v) is 10.5. The molecule has 0 aliphatic heterocycles. The first-order chi connectivity index (χ1) is 14.2. The summed E-state index contributed by atoms with van der Waals surface area (Å²) in [5.74, 6) is 2.28. The van der Waals surface area contributed by atoms with Crippen LogP contribution in [0.3, 0.4) is 0 Å². The molecule has 0 unspecified atom stereocenters. The third-order valence-electron chi connectivity index (χ3n) is 4.41. The van der Waals surface area contributed by atoms with Gasteiger partial charge in [-0.1, -0.05) is 29.8 Å². The molecule has 0 saturated carbocycles. The Bertz CT molecular complexity index is 1060. The molecule has 0 fully saturated rings. The van der Waals surface area contributed by atoms with Gasteiger partial charge in [-0.05, 0) is 56.3 Å². The molecule has 5 heteroatoms. The molecule has 1 aromatic heterocycles. The third kappa shape index (κ3) is 4.69. The predicted molar refractivity (Wildman–Crippen MR) is 118 cm³/mol. The second-order valence-electron chi connectivity index (χ2n) is 6.59. The van der Waals surface area contributed by atoms with Crippen LogP contribution in [0.2, 0.25) is 0 Å². The van der Waals surface area contributed by atoms with Crippen molar-refractivity contribution in [3.05, 3.63) is 72.3 Å². The van der Waals surface area contributed by atoms with E-state index in [1.807, 2.05) is 67.6 Å². The summed E-state index contributed by atoms with van der Waals surface area (Å²) in [5.41, 5.74) is 3.25. The first kappa shape index (κ1) is 19.3. The van der Waals surface area contributed by atoms with Crippen molar-refractivity contribution < 1.29 is 14.2 Å². The van der Waals surface area contributed by atoms with Gasteiger partial charge in [0.15, 0.2) is 11.5 Å². The molecule has 0 aliphatic carbocycles. The maximum Gasteiger partial charge on any atom is 0.161 e. The number of ether oxygens (including phenoxy) is 3. The highest BCUT2D eigenvalue weighted by Gasteiger charge is 2.11. The van der Waals surface area contributed by atoms with Crippen LogP contribution in [-0.2, 0) is 0 Å². The minimum absolute atomic E-state index is 0.439. The minimum Gasteiger partial charge on any atom is -0.490 e. The summed E-state index contributed by atoms with van der Waals surface area (Å²) in [5, 5.41) is 0.974. The standard InChI is InChI=1S/C24H23NO3S/c1-3-26-22-16-18(24-25-20-6-4-5-7-23(20)29-24)10-13-21(22)28-15-14-27-19-11-8-17(2)9-12-19/h4-13,16H,3,14-15H2,1-2H3. The molecule has 0 atom stereocenters. The van der Waals surface area contributed by atoms with E-state index in [9.17, 15) is 0 Å². The Balaban J connectivity index is 1.44. The second kappa shape index (κ2) is 8.97. The molecule has 0 spiro atoms. The summed E-state index contributed by atoms with van der Waals surface area (Å²) in [4.78, 5) is 4.73. The van der Waals surface area contributed by atoms with Crippen molar-refractivity contribution in [1.29, 1.82) is 0 Å². The number of thiazole rings is 1. The zero-order valence-corrected chi connectivity index (χ0v) is 17.4. The van der Waals surface area contributed by atoms with Crippen LogP contribution in [0.5, 0.6) is 17.2 Å². The Hall–Kier alpha value is -3.05. The number of fused-ring (bicyclic) bond motifs is 1. The maximum absolute atomic E-state index is 5.92. The van der Waals surface area contributed by atoms with E-state index in [2.05, 4.69) is 13.0 Å². The molecule has 148 valence electrons. The van der Waals surface area contributed by atoms with Gasteiger partial charge in [0.05, 0.1) is 16.8 Å². The Morgan fingerprint density at radius 1 is 0.828 bits per heavy atom. The molecule has 0 radical (unpaired) electrons. The predicted octanol–water partition coefficient (Wildman–Crippen LogP) is 6.13. The molecule has 4 aromatic rings. The van der Waals surface area contributed by atoms with Crippen LogP contribution < -0.4 is 14.2 Å². The fraction of sp³-hybridized carbons (Fsp3) is 0.208. The molecular formula is C24H23NO3S. The largest absolute Gasteiger partial charge is 0.490 e. The summed E-state index contributed by atoms with van der Waals surface area (Å²) in [6.07, 6.45) is 0. The van der Waals surface area contributed by atoms with Gasteiger partial charge in [-0.25, -0.2) is 4.98 Å². The maximum atomic E-state index is 5.92. The zero-order valence-electron chi connectivity index (χ0n) is 16.6. The van der Waals surface area contributed by atoms with Crippen molar-refractivity contribution in [1.82, 2.24) is 4.98 Å². The van der Waals surface area contributed by atoms with E-state index >= 15 is 0 Å². The van der Waals surface area contributed by atoms with Crippen LogP contribution >= 0.6 is 11.3 Å². The summed E-state index contributed by atoms with van der Waals surface area (Å²) in [6, 6.07) is 22.1. The van der Waals surface area contributed by atoms with Crippen LogP contribution in [0.4, 0.5) is 0 Å². The van der Waals surface area contributed by atoms with Crippen molar-refractivity contribution in [3.8, 4) is 27.8 Å². The van der Waals surface area contributed by atoms with E-state index in [1.165, 1.54) is 10.3 Å². The van der Waals surface area contributed by atoms with E-state index in [0.29, 0.717) is 25.6 Å². The van der Waals surface area contributed by atoms with Gasteiger partial charge >= 0.3 is 0 Å². The Labute approximate surface area is 174 Å². The van der Waals surface area contributed by atoms with Gasteiger partial charge < -0.3 is 14.2 Å². The quantitative estimate of drug-likeness (QED) is 0.331. The number of nitrogens with zero attached hydrogens (tertiary/aromatic N) is 1. The van der Waals surface area contributed by atoms with Gasteiger partial charge in [0, 0.05) is 5.56 Å². The number of benzene rings is 3. The Morgan fingerprint density at radius 2 is 1.62 bits per heavy atom. The molecule has 4 nitrogen and oxygen atoms in total. The highest BCUT2D eigenvalue weighted by atomic mass is 32.1. The van der Waals surface area contributed by atoms with Crippen molar-refractivity contribution in [3.63, 3.8) is 0 Å². The lowest BCUT2D eigenvalue weighted by Crippen LogP contribution is -2.10. The first-order valence-electron chi connectivity index (χ1n) is 9.68. The van der Waals surface area contributed by atoms with Crippen molar-refractivity contribution in [2.45, 2.75) is 13.8 Å². The molecule has 4 rings (SSSR count). The van der Waals surface area contributed by atoms with Crippen LogP contribution in [0.15, 0.2) is 66.7 Å². The molecule has 0 N–H and O–H groups in total. The van der Waals surface area contributed by atoms with E-state index in [0.717, 1.165) is 27.6 Å². The van der Waals surface area contributed by atoms with E-state index in [-0.39, 0.29) is 0 Å². The second-order valence-corrected chi connectivity index (χ2v) is 7.62. The van der Waals surface area contributed by atoms with E-state index in [4.69, 9.17) is 19.2 Å². The highest BCUT2D eigenvalue weighted by Crippen LogP contribution is 2.36.